The van der Waals surface area contributed by atoms with Gasteiger partial charge in [0.2, 0.25) is 0 Å². The van der Waals surface area contributed by atoms with Gasteiger partial charge in [-0.05, 0) is 29.7 Å². The number of hydrogen-bond donors (Lipinski definition) is 2. The number of halogens is 1. The largest absolute Gasteiger partial charge is 0.395 e. The number of hydrogen-bond acceptors (Lipinski definition) is 2. The second-order valence-corrected chi connectivity index (χ2v) is 5.82. The molecule has 0 heterocycles. The number of carbonyl (C=O) groups is 1. The molecule has 0 aromatic heterocycles. The maximum Gasteiger partial charge on any atom is 0.317 e. The van der Waals surface area contributed by atoms with Crippen LogP contribution in [-0.4, -0.2) is 36.2 Å². The van der Waals surface area contributed by atoms with Crippen LogP contribution in [0.4, 0.5) is 4.79 Å². The van der Waals surface area contributed by atoms with Crippen molar-refractivity contribution >= 4 is 17.6 Å². The minimum atomic E-state index is -0.207. The molecule has 0 fully saturated rings. The average molecular weight is 333 g/mol. The van der Waals surface area contributed by atoms with E-state index in [2.05, 4.69) is 5.32 Å². The molecule has 2 rings (SSSR count). The molecule has 5 heteroatoms. The summed E-state index contributed by atoms with van der Waals surface area (Å²) >= 11 is 5.93. The molecule has 0 aliphatic heterocycles. The normalized spacial score (nSPS) is 11.8. The molecule has 0 aliphatic carbocycles. The molecular formula is C18H21ClN2O2. The Labute approximate surface area is 141 Å². The molecule has 2 amide bonds. The van der Waals surface area contributed by atoms with Gasteiger partial charge in [0.25, 0.3) is 0 Å². The fourth-order valence-electron chi connectivity index (χ4n) is 2.30. The van der Waals surface area contributed by atoms with E-state index in [1.54, 1.807) is 7.05 Å². The highest BCUT2D eigenvalue weighted by molar-refractivity contribution is 6.30. The highest BCUT2D eigenvalue weighted by Crippen LogP contribution is 2.20. The van der Waals surface area contributed by atoms with E-state index in [0.717, 1.165) is 11.1 Å². The summed E-state index contributed by atoms with van der Waals surface area (Å²) in [4.78, 5) is 13.7. The van der Waals surface area contributed by atoms with Gasteiger partial charge in [-0.25, -0.2) is 4.79 Å². The Morgan fingerprint density at radius 1 is 1.17 bits per heavy atom. The second-order valence-electron chi connectivity index (χ2n) is 5.39. The lowest BCUT2D eigenvalue weighted by atomic mass is 9.99. The maximum atomic E-state index is 12.2. The fraction of sp³-hybridized carbons (Fsp3) is 0.278. The van der Waals surface area contributed by atoms with Crippen molar-refractivity contribution in [1.29, 1.82) is 0 Å². The van der Waals surface area contributed by atoms with Gasteiger partial charge in [0.1, 0.15) is 0 Å². The third-order valence-corrected chi connectivity index (χ3v) is 3.89. The van der Waals surface area contributed by atoms with Crippen molar-refractivity contribution < 1.29 is 9.90 Å². The lowest BCUT2D eigenvalue weighted by Crippen LogP contribution is -2.41. The summed E-state index contributed by atoms with van der Waals surface area (Å²) in [5.74, 6) is 0. The van der Waals surface area contributed by atoms with E-state index in [0.29, 0.717) is 18.0 Å². The zero-order valence-electron chi connectivity index (χ0n) is 13.1. The number of likely N-dealkylation sites (N-methyl/N-ethyl adjacent to an activating group) is 1. The first-order chi connectivity index (χ1) is 11.1. The number of urea groups is 1. The highest BCUT2D eigenvalue weighted by Gasteiger charge is 2.17. The average Bonchev–Trinajstić information content (AvgIpc) is 2.57. The smallest absolute Gasteiger partial charge is 0.317 e. The first-order valence-corrected chi connectivity index (χ1v) is 7.90. The summed E-state index contributed by atoms with van der Waals surface area (Å²) < 4.78 is 0. The molecule has 2 N–H and O–H groups in total. The molecule has 0 radical (unpaired) electrons. The Morgan fingerprint density at radius 3 is 2.43 bits per heavy atom. The molecule has 1 unspecified atom stereocenters. The van der Waals surface area contributed by atoms with Gasteiger partial charge in [-0.1, -0.05) is 54.1 Å². The van der Waals surface area contributed by atoms with E-state index in [1.165, 1.54) is 4.90 Å². The van der Waals surface area contributed by atoms with Crippen LogP contribution in [0.25, 0.3) is 0 Å². The number of nitrogens with one attached hydrogen (secondary N) is 1. The molecule has 122 valence electrons. The number of aliphatic hydroxyl groups excluding tert-OH is 1. The Bertz CT molecular complexity index is 617. The van der Waals surface area contributed by atoms with Gasteiger partial charge in [-0.3, -0.25) is 0 Å². The van der Waals surface area contributed by atoms with Crippen LogP contribution >= 0.6 is 11.6 Å². The number of carbonyl (C=O) groups excluding carboxylic acids is 1. The standard InChI is InChI=1S/C18H21ClN2O2/c1-21(11-12-22)18(23)20-17(15-5-3-2-4-6-15)13-14-7-9-16(19)10-8-14/h2-10,17,22H,11-13H2,1H3,(H,20,23). The van der Waals surface area contributed by atoms with E-state index in [-0.39, 0.29) is 18.7 Å². The van der Waals surface area contributed by atoms with Crippen LogP contribution in [0.2, 0.25) is 5.02 Å². The van der Waals surface area contributed by atoms with Gasteiger partial charge in [0.15, 0.2) is 0 Å². The molecule has 2 aromatic rings. The molecule has 0 spiro atoms. The summed E-state index contributed by atoms with van der Waals surface area (Å²) in [6.45, 7) is 0.241. The van der Waals surface area contributed by atoms with Crippen molar-refractivity contribution in [2.45, 2.75) is 12.5 Å². The minimum absolute atomic E-state index is 0.0584. The van der Waals surface area contributed by atoms with Gasteiger partial charge >= 0.3 is 6.03 Å². The monoisotopic (exact) mass is 332 g/mol. The number of nitrogens with zero attached hydrogens (tertiary/aromatic N) is 1. The Balaban J connectivity index is 2.15. The Kier molecular flexibility index (Phi) is 6.44. The van der Waals surface area contributed by atoms with Crippen molar-refractivity contribution in [2.75, 3.05) is 20.2 Å². The lowest BCUT2D eigenvalue weighted by Gasteiger charge is -2.24. The third-order valence-electron chi connectivity index (χ3n) is 3.63. The molecule has 4 nitrogen and oxygen atoms in total. The van der Waals surface area contributed by atoms with Crippen LogP contribution in [0.1, 0.15) is 17.2 Å². The maximum absolute atomic E-state index is 12.2. The van der Waals surface area contributed by atoms with Crippen LogP contribution in [0, 0.1) is 0 Å². The van der Waals surface area contributed by atoms with Crippen LogP contribution in [0.3, 0.4) is 0 Å². The molecule has 0 saturated heterocycles. The predicted octanol–water partition coefficient (Wildman–Crippen LogP) is 3.26. The quantitative estimate of drug-likeness (QED) is 0.853. The SMILES string of the molecule is CN(CCO)C(=O)NC(Cc1ccc(Cl)cc1)c1ccccc1. The Hall–Kier alpha value is -2.04. The summed E-state index contributed by atoms with van der Waals surface area (Å²) in [7, 11) is 1.66. The number of aliphatic hydroxyl groups is 1. The lowest BCUT2D eigenvalue weighted by molar-refractivity contribution is 0.187. The molecule has 23 heavy (non-hydrogen) atoms. The summed E-state index contributed by atoms with van der Waals surface area (Å²) in [5, 5.41) is 12.7. The van der Waals surface area contributed by atoms with Crippen molar-refractivity contribution in [3.8, 4) is 0 Å². The molecule has 0 aliphatic rings. The predicted molar refractivity (Wildman–Crippen MR) is 92.6 cm³/mol. The first kappa shape index (κ1) is 17.3. The van der Waals surface area contributed by atoms with Gasteiger partial charge in [-0.15, -0.1) is 0 Å². The Morgan fingerprint density at radius 2 is 1.83 bits per heavy atom. The summed E-state index contributed by atoms with van der Waals surface area (Å²) in [6.07, 6.45) is 0.667. The van der Waals surface area contributed by atoms with Crippen molar-refractivity contribution in [2.24, 2.45) is 0 Å². The van der Waals surface area contributed by atoms with E-state index >= 15 is 0 Å². The number of amides is 2. The van der Waals surface area contributed by atoms with E-state index in [9.17, 15) is 4.79 Å². The molecule has 0 bridgehead atoms. The molecular weight excluding hydrogens is 312 g/mol. The fourth-order valence-corrected chi connectivity index (χ4v) is 2.43. The van der Waals surface area contributed by atoms with Crippen LogP contribution in [-0.2, 0) is 6.42 Å². The molecule has 2 aromatic carbocycles. The van der Waals surface area contributed by atoms with E-state index in [4.69, 9.17) is 16.7 Å². The molecule has 1 atom stereocenters. The number of rotatable bonds is 6. The van der Waals surface area contributed by atoms with Gasteiger partial charge in [0, 0.05) is 18.6 Å². The second kappa shape index (κ2) is 8.56. The molecule has 0 saturated carbocycles. The van der Waals surface area contributed by atoms with Crippen molar-refractivity contribution in [3.05, 3.63) is 70.7 Å². The summed E-state index contributed by atoms with van der Waals surface area (Å²) in [6, 6.07) is 17.1. The van der Waals surface area contributed by atoms with Crippen molar-refractivity contribution in [1.82, 2.24) is 10.2 Å². The first-order valence-electron chi connectivity index (χ1n) is 7.52. The highest BCUT2D eigenvalue weighted by atomic mass is 35.5. The number of benzene rings is 2. The van der Waals surface area contributed by atoms with Gasteiger partial charge in [-0.2, -0.15) is 0 Å². The minimum Gasteiger partial charge on any atom is -0.395 e. The van der Waals surface area contributed by atoms with Crippen LogP contribution in [0.5, 0.6) is 0 Å². The zero-order valence-corrected chi connectivity index (χ0v) is 13.8. The van der Waals surface area contributed by atoms with E-state index < -0.39 is 0 Å². The van der Waals surface area contributed by atoms with Crippen LogP contribution < -0.4 is 5.32 Å². The van der Waals surface area contributed by atoms with Gasteiger partial charge in [0.05, 0.1) is 12.6 Å². The topological polar surface area (TPSA) is 52.6 Å². The van der Waals surface area contributed by atoms with Crippen molar-refractivity contribution in [3.63, 3.8) is 0 Å². The third kappa shape index (κ3) is 5.27. The van der Waals surface area contributed by atoms with E-state index in [1.807, 2.05) is 54.6 Å². The van der Waals surface area contributed by atoms with Gasteiger partial charge < -0.3 is 15.3 Å². The summed E-state index contributed by atoms with van der Waals surface area (Å²) in [5.41, 5.74) is 2.13. The van der Waals surface area contributed by atoms with Crippen LogP contribution in [0.15, 0.2) is 54.6 Å². The zero-order chi connectivity index (χ0) is 16.7.